The molecule has 0 fully saturated rings. The lowest BCUT2D eigenvalue weighted by Gasteiger charge is -2.03. The molecule has 3 aromatic carbocycles. The number of benzene rings is 3. The molecule has 0 spiro atoms. The molecule has 0 aliphatic rings. The van der Waals surface area contributed by atoms with Crippen LogP contribution in [-0.2, 0) is 0 Å². The molecule has 0 bridgehead atoms. The highest BCUT2D eigenvalue weighted by Crippen LogP contribution is 2.31. The van der Waals surface area contributed by atoms with Gasteiger partial charge in [0.1, 0.15) is 10.8 Å². The van der Waals surface area contributed by atoms with Gasteiger partial charge in [-0.15, -0.1) is 11.3 Å². The standard InChI is InChI=1S/C22H17NOS.BrH/c1-24-20-13-11-19(12-14-20)22-23-21(15-25-22)18-9-7-17(8-10-18)16-5-3-2-4-6-16;/h2-15H,1H3;1H/p-1. The molecule has 0 saturated carbocycles. The van der Waals surface area contributed by atoms with E-state index in [1.807, 2.05) is 30.3 Å². The fraction of sp³-hybridized carbons (Fsp3) is 0.0455. The van der Waals surface area contributed by atoms with Crippen LogP contribution in [-0.4, -0.2) is 12.1 Å². The molecule has 0 unspecified atom stereocenters. The number of rotatable bonds is 4. The zero-order valence-corrected chi connectivity index (χ0v) is 16.6. The van der Waals surface area contributed by atoms with Gasteiger partial charge in [0.15, 0.2) is 0 Å². The number of halogens is 1. The van der Waals surface area contributed by atoms with Gasteiger partial charge in [0.25, 0.3) is 0 Å². The molecule has 1 heterocycles. The lowest BCUT2D eigenvalue weighted by Crippen LogP contribution is -3.00. The number of thiazole rings is 1. The van der Waals surface area contributed by atoms with Gasteiger partial charge in [0, 0.05) is 16.5 Å². The Morgan fingerprint density at radius 1 is 0.692 bits per heavy atom. The molecule has 0 atom stereocenters. The highest BCUT2D eigenvalue weighted by Gasteiger charge is 2.07. The van der Waals surface area contributed by atoms with E-state index in [1.165, 1.54) is 11.1 Å². The van der Waals surface area contributed by atoms with Crippen LogP contribution in [0.15, 0.2) is 84.2 Å². The Bertz CT molecular complexity index is 963. The first-order valence-corrected chi connectivity index (χ1v) is 8.97. The topological polar surface area (TPSA) is 22.1 Å². The maximum Gasteiger partial charge on any atom is 0.124 e. The molecule has 0 aliphatic heterocycles. The molecule has 130 valence electrons. The Morgan fingerprint density at radius 2 is 1.27 bits per heavy atom. The minimum atomic E-state index is 0. The molecule has 2 nitrogen and oxygen atoms in total. The number of ether oxygens (including phenoxy) is 1. The van der Waals surface area contributed by atoms with Gasteiger partial charge in [0.05, 0.1) is 12.8 Å². The maximum absolute atomic E-state index is 5.21. The number of methoxy groups -OCH3 is 1. The van der Waals surface area contributed by atoms with Gasteiger partial charge in [-0.1, -0.05) is 54.6 Å². The Hall–Kier alpha value is -2.43. The summed E-state index contributed by atoms with van der Waals surface area (Å²) >= 11 is 1.66. The number of hydrogen-bond acceptors (Lipinski definition) is 3. The summed E-state index contributed by atoms with van der Waals surface area (Å²) in [5.41, 5.74) is 5.70. The molecular formula is C22H17BrNOS-. The van der Waals surface area contributed by atoms with Gasteiger partial charge in [-0.2, -0.15) is 0 Å². The molecule has 4 aromatic rings. The van der Waals surface area contributed by atoms with Crippen LogP contribution < -0.4 is 21.7 Å². The SMILES string of the molecule is COc1ccc(-c2nc(-c3ccc(-c4ccccc4)cc3)cs2)cc1.[Br-]. The third-order valence-electron chi connectivity index (χ3n) is 4.13. The van der Waals surface area contributed by atoms with E-state index < -0.39 is 0 Å². The molecule has 26 heavy (non-hydrogen) atoms. The van der Waals surface area contributed by atoms with Crippen LogP contribution in [0, 0.1) is 0 Å². The first-order valence-electron chi connectivity index (χ1n) is 8.09. The minimum absolute atomic E-state index is 0. The van der Waals surface area contributed by atoms with E-state index in [0.717, 1.165) is 27.6 Å². The Balaban J connectivity index is 0.00000196. The monoisotopic (exact) mass is 422 g/mol. The smallest absolute Gasteiger partial charge is 0.124 e. The quantitative estimate of drug-likeness (QED) is 0.503. The third kappa shape index (κ3) is 3.87. The summed E-state index contributed by atoms with van der Waals surface area (Å²) in [7, 11) is 1.68. The lowest BCUT2D eigenvalue weighted by atomic mass is 10.0. The molecular weight excluding hydrogens is 406 g/mol. The highest BCUT2D eigenvalue weighted by atomic mass is 79.9. The fourth-order valence-corrected chi connectivity index (χ4v) is 3.57. The van der Waals surface area contributed by atoms with E-state index in [2.05, 4.69) is 53.9 Å². The van der Waals surface area contributed by atoms with E-state index in [1.54, 1.807) is 18.4 Å². The zero-order chi connectivity index (χ0) is 17.1. The Labute approximate surface area is 167 Å². The summed E-state index contributed by atoms with van der Waals surface area (Å²) in [5.74, 6) is 0.858. The Kier molecular flexibility index (Phi) is 5.86. The highest BCUT2D eigenvalue weighted by molar-refractivity contribution is 7.13. The van der Waals surface area contributed by atoms with Gasteiger partial charge in [0.2, 0.25) is 0 Å². The van der Waals surface area contributed by atoms with Crippen LogP contribution in [0.2, 0.25) is 0 Å². The van der Waals surface area contributed by atoms with Crippen LogP contribution in [0.5, 0.6) is 5.75 Å². The summed E-state index contributed by atoms with van der Waals surface area (Å²) in [6, 6.07) is 27.0. The van der Waals surface area contributed by atoms with Crippen LogP contribution in [0.4, 0.5) is 0 Å². The van der Waals surface area contributed by atoms with E-state index in [9.17, 15) is 0 Å². The van der Waals surface area contributed by atoms with Crippen LogP contribution in [0.1, 0.15) is 0 Å². The first-order chi connectivity index (χ1) is 12.3. The average molecular weight is 423 g/mol. The third-order valence-corrected chi connectivity index (χ3v) is 5.02. The summed E-state index contributed by atoms with van der Waals surface area (Å²) in [4.78, 5) is 4.79. The van der Waals surface area contributed by atoms with Crippen molar-refractivity contribution in [3.05, 3.63) is 84.2 Å². The van der Waals surface area contributed by atoms with Crippen molar-refractivity contribution < 1.29 is 21.7 Å². The van der Waals surface area contributed by atoms with E-state index in [0.29, 0.717) is 0 Å². The van der Waals surface area contributed by atoms with Crippen molar-refractivity contribution in [1.29, 1.82) is 0 Å². The molecule has 1 aromatic heterocycles. The van der Waals surface area contributed by atoms with E-state index in [-0.39, 0.29) is 17.0 Å². The van der Waals surface area contributed by atoms with Crippen molar-refractivity contribution in [3.8, 4) is 38.7 Å². The predicted molar refractivity (Wildman–Crippen MR) is 105 cm³/mol. The zero-order valence-electron chi connectivity index (χ0n) is 14.2. The number of nitrogens with zero attached hydrogens (tertiary/aromatic N) is 1. The van der Waals surface area contributed by atoms with Crippen molar-refractivity contribution in [2.75, 3.05) is 7.11 Å². The van der Waals surface area contributed by atoms with Crippen molar-refractivity contribution >= 4 is 11.3 Å². The summed E-state index contributed by atoms with van der Waals surface area (Å²) in [6.45, 7) is 0. The summed E-state index contributed by atoms with van der Waals surface area (Å²) in [6.07, 6.45) is 0. The number of hydrogen-bond donors (Lipinski definition) is 0. The molecule has 4 heteroatoms. The first kappa shape index (κ1) is 18.4. The molecule has 4 rings (SSSR count). The molecule has 0 saturated heterocycles. The lowest BCUT2D eigenvalue weighted by molar-refractivity contribution is -0.00000513. The fourth-order valence-electron chi connectivity index (χ4n) is 2.74. The van der Waals surface area contributed by atoms with Gasteiger partial charge >= 0.3 is 0 Å². The van der Waals surface area contributed by atoms with Crippen LogP contribution in [0.25, 0.3) is 33.0 Å². The largest absolute Gasteiger partial charge is 1.00 e. The predicted octanol–water partition coefficient (Wildman–Crippen LogP) is 3.16. The normalized spacial score (nSPS) is 10.2. The summed E-state index contributed by atoms with van der Waals surface area (Å²) in [5, 5.41) is 3.13. The molecule has 0 amide bonds. The second-order valence-corrected chi connectivity index (χ2v) is 6.57. The van der Waals surface area contributed by atoms with Crippen molar-refractivity contribution in [3.63, 3.8) is 0 Å². The van der Waals surface area contributed by atoms with Crippen molar-refractivity contribution in [1.82, 2.24) is 4.98 Å². The van der Waals surface area contributed by atoms with Crippen molar-refractivity contribution in [2.45, 2.75) is 0 Å². The minimum Gasteiger partial charge on any atom is -1.00 e. The summed E-state index contributed by atoms with van der Waals surface area (Å²) < 4.78 is 5.21. The van der Waals surface area contributed by atoms with Crippen molar-refractivity contribution in [2.24, 2.45) is 0 Å². The van der Waals surface area contributed by atoms with Gasteiger partial charge in [-0.05, 0) is 35.4 Å². The second kappa shape index (κ2) is 8.30. The molecule has 0 radical (unpaired) electrons. The van der Waals surface area contributed by atoms with Gasteiger partial charge < -0.3 is 21.7 Å². The number of aromatic nitrogens is 1. The average Bonchev–Trinajstić information content (AvgIpc) is 3.19. The Morgan fingerprint density at radius 3 is 1.92 bits per heavy atom. The van der Waals surface area contributed by atoms with Gasteiger partial charge in [-0.25, -0.2) is 4.98 Å². The van der Waals surface area contributed by atoms with Crippen LogP contribution >= 0.6 is 11.3 Å². The van der Waals surface area contributed by atoms with E-state index in [4.69, 9.17) is 9.72 Å². The van der Waals surface area contributed by atoms with E-state index >= 15 is 0 Å². The molecule has 0 N–H and O–H groups in total. The molecule has 0 aliphatic carbocycles. The maximum atomic E-state index is 5.21. The second-order valence-electron chi connectivity index (χ2n) is 5.71. The van der Waals surface area contributed by atoms with Crippen LogP contribution in [0.3, 0.4) is 0 Å². The van der Waals surface area contributed by atoms with Gasteiger partial charge in [-0.3, -0.25) is 0 Å².